The molecule has 0 heterocycles. The molecule has 0 aliphatic carbocycles. The van der Waals surface area contributed by atoms with Crippen molar-refractivity contribution < 1.29 is 5.11 Å². The third kappa shape index (κ3) is 18.6. The summed E-state index contributed by atoms with van der Waals surface area (Å²) in [6.45, 7) is 4.37. The fourth-order valence-corrected chi connectivity index (χ4v) is 2.61. The molecule has 0 aliphatic heterocycles. The van der Waals surface area contributed by atoms with E-state index in [0.29, 0.717) is 0 Å². The van der Waals surface area contributed by atoms with Gasteiger partial charge in [-0.05, 0) is 24.8 Å². The summed E-state index contributed by atoms with van der Waals surface area (Å²) in [4.78, 5) is 0. The fourth-order valence-electron chi connectivity index (χ4n) is 2.61. The van der Waals surface area contributed by atoms with Crippen molar-refractivity contribution >= 4 is 0 Å². The van der Waals surface area contributed by atoms with Crippen LogP contribution in [0.5, 0.6) is 0 Å². The summed E-state index contributed by atoms with van der Waals surface area (Å²) >= 11 is 0. The zero-order valence-corrected chi connectivity index (χ0v) is 17.1. The van der Waals surface area contributed by atoms with Crippen LogP contribution >= 0.6 is 0 Å². The second-order valence-electron chi connectivity index (χ2n) is 6.66. The first-order chi connectivity index (χ1) is 12.8. The van der Waals surface area contributed by atoms with Gasteiger partial charge in [-0.2, -0.15) is 0 Å². The Balaban J connectivity index is 3.64. The van der Waals surface area contributed by atoms with Crippen molar-refractivity contribution in [1.29, 1.82) is 0 Å². The second-order valence-corrected chi connectivity index (χ2v) is 6.66. The molecule has 1 N–H and O–H groups in total. The van der Waals surface area contributed by atoms with Crippen LogP contribution in [0.4, 0.5) is 0 Å². The molecule has 0 saturated carbocycles. The molecule has 26 heavy (non-hydrogen) atoms. The van der Waals surface area contributed by atoms with Gasteiger partial charge in [0.05, 0.1) is 6.26 Å². The Morgan fingerprint density at radius 3 is 1.73 bits per heavy atom. The van der Waals surface area contributed by atoms with Crippen LogP contribution < -0.4 is 0 Å². The third-order valence-corrected chi connectivity index (χ3v) is 4.15. The maximum atomic E-state index is 9.03. The quantitative estimate of drug-likeness (QED) is 0.167. The van der Waals surface area contributed by atoms with Crippen LogP contribution in [-0.4, -0.2) is 5.11 Å². The Bertz CT molecular complexity index is 461. The van der Waals surface area contributed by atoms with Gasteiger partial charge in [-0.25, -0.2) is 0 Å². The Kier molecular flexibility index (Phi) is 19.8. The van der Waals surface area contributed by atoms with Gasteiger partial charge in [0.1, 0.15) is 0 Å². The van der Waals surface area contributed by atoms with Crippen LogP contribution in [0, 0.1) is 0 Å². The molecular formula is C25H40O. The van der Waals surface area contributed by atoms with Gasteiger partial charge < -0.3 is 5.11 Å². The van der Waals surface area contributed by atoms with E-state index in [1.807, 2.05) is 36.5 Å². The van der Waals surface area contributed by atoms with Gasteiger partial charge in [-0.15, -0.1) is 0 Å². The van der Waals surface area contributed by atoms with Crippen LogP contribution in [0.25, 0.3) is 0 Å². The number of allylic oxidation sites excluding steroid dienone is 11. The van der Waals surface area contributed by atoms with Crippen LogP contribution in [0.1, 0.15) is 84.5 Å². The summed E-state index contributed by atoms with van der Waals surface area (Å²) < 4.78 is 0. The minimum absolute atomic E-state index is 0.907. The number of aliphatic hydroxyl groups excluding tert-OH is 1. The SMILES string of the molecule is CCCCCCCCCC/C=C/C=C\C=C/C=C/C=C/C(=C/O)CCC. The molecule has 0 atom stereocenters. The zero-order chi connectivity index (χ0) is 19.1. The number of rotatable bonds is 16. The van der Waals surface area contributed by atoms with Gasteiger partial charge in [0.2, 0.25) is 0 Å². The standard InChI is InChI=1S/C25H40O/c1-3-5-6-7-8-9-10-11-12-13-14-15-16-17-18-19-20-21-23-25(24-26)22-4-2/h13-21,23-24,26H,3-12,22H2,1-2H3/b14-13+,16-15-,18-17-,20-19+,23-21+,25-24+. The third-order valence-electron chi connectivity index (χ3n) is 4.15. The van der Waals surface area contributed by atoms with E-state index < -0.39 is 0 Å². The predicted octanol–water partition coefficient (Wildman–Crippen LogP) is 8.54. The van der Waals surface area contributed by atoms with Gasteiger partial charge in [0.15, 0.2) is 0 Å². The van der Waals surface area contributed by atoms with Crippen molar-refractivity contribution in [3.05, 3.63) is 72.6 Å². The lowest BCUT2D eigenvalue weighted by molar-refractivity contribution is 0.466. The molecular weight excluding hydrogens is 316 g/mol. The highest BCUT2D eigenvalue weighted by Crippen LogP contribution is 2.09. The van der Waals surface area contributed by atoms with Crippen LogP contribution in [-0.2, 0) is 0 Å². The van der Waals surface area contributed by atoms with Gasteiger partial charge in [-0.3, -0.25) is 0 Å². The summed E-state index contributed by atoms with van der Waals surface area (Å²) in [6, 6.07) is 0. The Hall–Kier alpha value is -1.76. The van der Waals surface area contributed by atoms with E-state index in [0.717, 1.165) is 18.4 Å². The molecule has 0 rings (SSSR count). The molecule has 0 aliphatic rings. The molecule has 0 aromatic carbocycles. The van der Waals surface area contributed by atoms with E-state index in [1.54, 1.807) is 0 Å². The van der Waals surface area contributed by atoms with E-state index >= 15 is 0 Å². The van der Waals surface area contributed by atoms with Gasteiger partial charge in [0, 0.05) is 0 Å². The average Bonchev–Trinajstić information content (AvgIpc) is 2.66. The molecule has 0 saturated heterocycles. The molecule has 0 amide bonds. The smallest absolute Gasteiger partial charge is 0.0823 e. The lowest BCUT2D eigenvalue weighted by atomic mass is 10.1. The maximum Gasteiger partial charge on any atom is 0.0823 e. The normalized spacial score (nSPS) is 13.5. The summed E-state index contributed by atoms with van der Waals surface area (Å²) in [7, 11) is 0. The topological polar surface area (TPSA) is 20.2 Å². The first-order valence-electron chi connectivity index (χ1n) is 10.5. The zero-order valence-electron chi connectivity index (χ0n) is 17.1. The maximum absolute atomic E-state index is 9.03. The lowest BCUT2D eigenvalue weighted by Crippen LogP contribution is -1.79. The summed E-state index contributed by atoms with van der Waals surface area (Å²) in [6.07, 6.45) is 35.8. The number of hydrogen-bond donors (Lipinski definition) is 1. The van der Waals surface area contributed by atoms with Crippen molar-refractivity contribution in [1.82, 2.24) is 0 Å². The molecule has 1 heteroatoms. The molecule has 0 spiro atoms. The van der Waals surface area contributed by atoms with Gasteiger partial charge in [0.25, 0.3) is 0 Å². The van der Waals surface area contributed by atoms with Crippen molar-refractivity contribution in [2.45, 2.75) is 84.5 Å². The molecule has 1 nitrogen and oxygen atoms in total. The Morgan fingerprint density at radius 1 is 0.615 bits per heavy atom. The van der Waals surface area contributed by atoms with Crippen molar-refractivity contribution in [2.75, 3.05) is 0 Å². The summed E-state index contributed by atoms with van der Waals surface area (Å²) in [5.74, 6) is 0. The Morgan fingerprint density at radius 2 is 1.15 bits per heavy atom. The average molecular weight is 357 g/mol. The van der Waals surface area contributed by atoms with Crippen molar-refractivity contribution in [3.63, 3.8) is 0 Å². The first-order valence-corrected chi connectivity index (χ1v) is 10.5. The first kappa shape index (κ1) is 24.2. The second kappa shape index (κ2) is 21.3. The number of aliphatic hydroxyl groups is 1. The van der Waals surface area contributed by atoms with Crippen LogP contribution in [0.15, 0.2) is 72.6 Å². The number of unbranched alkanes of at least 4 members (excludes halogenated alkanes) is 8. The highest BCUT2D eigenvalue weighted by atomic mass is 16.2. The van der Waals surface area contributed by atoms with Crippen molar-refractivity contribution in [2.24, 2.45) is 0 Å². The van der Waals surface area contributed by atoms with Gasteiger partial charge >= 0.3 is 0 Å². The predicted molar refractivity (Wildman–Crippen MR) is 119 cm³/mol. The molecule has 0 unspecified atom stereocenters. The molecule has 0 aromatic heterocycles. The van der Waals surface area contributed by atoms with E-state index in [2.05, 4.69) is 38.2 Å². The highest BCUT2D eigenvalue weighted by Gasteiger charge is 1.90. The Labute approximate surface area is 162 Å². The van der Waals surface area contributed by atoms with Gasteiger partial charge in [-0.1, -0.05) is 126 Å². The minimum Gasteiger partial charge on any atom is -0.515 e. The lowest BCUT2D eigenvalue weighted by Gasteiger charge is -1.99. The summed E-state index contributed by atoms with van der Waals surface area (Å²) in [5.41, 5.74) is 0.961. The molecule has 0 radical (unpaired) electrons. The molecule has 0 fully saturated rings. The van der Waals surface area contributed by atoms with E-state index in [1.165, 1.54) is 64.0 Å². The molecule has 146 valence electrons. The van der Waals surface area contributed by atoms with E-state index in [4.69, 9.17) is 5.11 Å². The highest BCUT2D eigenvalue weighted by molar-refractivity contribution is 5.23. The fraction of sp³-hybridized carbons (Fsp3) is 0.520. The van der Waals surface area contributed by atoms with E-state index in [9.17, 15) is 0 Å². The minimum atomic E-state index is 0.907. The summed E-state index contributed by atoms with van der Waals surface area (Å²) in [5, 5.41) is 9.03. The monoisotopic (exact) mass is 356 g/mol. The van der Waals surface area contributed by atoms with Crippen molar-refractivity contribution in [3.8, 4) is 0 Å². The van der Waals surface area contributed by atoms with Crippen LogP contribution in [0.2, 0.25) is 0 Å². The molecule has 0 aromatic rings. The van der Waals surface area contributed by atoms with E-state index in [-0.39, 0.29) is 0 Å². The largest absolute Gasteiger partial charge is 0.515 e. The van der Waals surface area contributed by atoms with Crippen LogP contribution in [0.3, 0.4) is 0 Å². The number of hydrogen-bond acceptors (Lipinski definition) is 1. The molecule has 0 bridgehead atoms.